The molecule has 0 saturated carbocycles. The first kappa shape index (κ1) is 12.9. The first-order chi connectivity index (χ1) is 9.74. The van der Waals surface area contributed by atoms with Crippen molar-refractivity contribution in [2.24, 2.45) is 0 Å². The summed E-state index contributed by atoms with van der Waals surface area (Å²) in [6, 6.07) is 11.4. The van der Waals surface area contributed by atoms with Gasteiger partial charge in [-0.15, -0.1) is 0 Å². The molecule has 2 aromatic rings. The van der Waals surface area contributed by atoms with Crippen LogP contribution in [-0.4, -0.2) is 22.6 Å². The zero-order valence-corrected chi connectivity index (χ0v) is 11.5. The molecule has 1 aromatic carbocycles. The fraction of sp³-hybridized carbons (Fsp3) is 0.312. The second-order valence-corrected chi connectivity index (χ2v) is 5.24. The predicted octanol–water partition coefficient (Wildman–Crippen LogP) is 1.49. The number of hydrogen-bond donors (Lipinski definition) is 1. The van der Waals surface area contributed by atoms with Crippen molar-refractivity contribution >= 4 is 5.69 Å². The Bertz CT molecular complexity index is 663. The van der Waals surface area contributed by atoms with Crippen molar-refractivity contribution in [1.82, 2.24) is 9.47 Å². The van der Waals surface area contributed by atoms with E-state index in [1.165, 1.54) is 11.1 Å². The summed E-state index contributed by atoms with van der Waals surface area (Å²) in [4.78, 5) is 14.0. The van der Waals surface area contributed by atoms with E-state index in [1.807, 2.05) is 24.4 Å². The monoisotopic (exact) mass is 269 g/mol. The standard InChI is InChI=1S/C16H19N3O/c17-15-5-3-4-13-12-18(9-7-14(13)15)10-11-19-8-2-1-6-16(19)20/h1-6,8H,7,9-12,17H2. The third-order valence-corrected chi connectivity index (χ3v) is 3.94. The molecule has 0 amide bonds. The number of hydrogen-bond acceptors (Lipinski definition) is 3. The van der Waals surface area contributed by atoms with Crippen LogP contribution >= 0.6 is 0 Å². The van der Waals surface area contributed by atoms with Gasteiger partial charge in [-0.3, -0.25) is 9.69 Å². The van der Waals surface area contributed by atoms with Gasteiger partial charge in [-0.25, -0.2) is 0 Å². The molecule has 3 rings (SSSR count). The maximum atomic E-state index is 11.7. The summed E-state index contributed by atoms with van der Waals surface area (Å²) in [5, 5.41) is 0. The van der Waals surface area contributed by atoms with Crippen LogP contribution in [0.2, 0.25) is 0 Å². The van der Waals surface area contributed by atoms with E-state index in [2.05, 4.69) is 11.0 Å². The maximum absolute atomic E-state index is 11.7. The topological polar surface area (TPSA) is 51.3 Å². The van der Waals surface area contributed by atoms with Crippen LogP contribution in [0.1, 0.15) is 11.1 Å². The van der Waals surface area contributed by atoms with Crippen molar-refractivity contribution < 1.29 is 0 Å². The quantitative estimate of drug-likeness (QED) is 0.859. The smallest absolute Gasteiger partial charge is 0.250 e. The molecule has 1 aliphatic heterocycles. The Morgan fingerprint density at radius 2 is 2.00 bits per heavy atom. The van der Waals surface area contributed by atoms with Gasteiger partial charge in [0.2, 0.25) is 0 Å². The summed E-state index contributed by atoms with van der Waals surface area (Å²) < 4.78 is 1.76. The normalized spacial score (nSPS) is 15.0. The first-order valence-electron chi connectivity index (χ1n) is 6.98. The predicted molar refractivity (Wildman–Crippen MR) is 80.5 cm³/mol. The average molecular weight is 269 g/mol. The molecule has 2 N–H and O–H groups in total. The van der Waals surface area contributed by atoms with Gasteiger partial charge in [-0.1, -0.05) is 18.2 Å². The van der Waals surface area contributed by atoms with Crippen molar-refractivity contribution in [2.45, 2.75) is 19.5 Å². The molecule has 0 bridgehead atoms. The molecule has 0 radical (unpaired) electrons. The Morgan fingerprint density at radius 3 is 2.85 bits per heavy atom. The van der Waals surface area contributed by atoms with Crippen LogP contribution in [0.5, 0.6) is 0 Å². The second kappa shape index (κ2) is 5.51. The van der Waals surface area contributed by atoms with Crippen molar-refractivity contribution in [3.05, 3.63) is 64.1 Å². The molecule has 4 heteroatoms. The number of anilines is 1. The van der Waals surface area contributed by atoms with Crippen LogP contribution in [0.3, 0.4) is 0 Å². The van der Waals surface area contributed by atoms with Gasteiger partial charge in [0.1, 0.15) is 0 Å². The lowest BCUT2D eigenvalue weighted by Crippen LogP contribution is -2.35. The molecule has 20 heavy (non-hydrogen) atoms. The summed E-state index contributed by atoms with van der Waals surface area (Å²) >= 11 is 0. The number of rotatable bonds is 3. The zero-order valence-electron chi connectivity index (χ0n) is 11.5. The van der Waals surface area contributed by atoms with Crippen LogP contribution in [0, 0.1) is 0 Å². The zero-order chi connectivity index (χ0) is 13.9. The Hall–Kier alpha value is -2.07. The largest absolute Gasteiger partial charge is 0.398 e. The van der Waals surface area contributed by atoms with Gasteiger partial charge in [0.05, 0.1) is 0 Å². The Morgan fingerprint density at radius 1 is 1.10 bits per heavy atom. The highest BCUT2D eigenvalue weighted by Crippen LogP contribution is 2.23. The van der Waals surface area contributed by atoms with Crippen molar-refractivity contribution in [3.63, 3.8) is 0 Å². The molecule has 0 unspecified atom stereocenters. The number of fused-ring (bicyclic) bond motifs is 1. The highest BCUT2D eigenvalue weighted by atomic mass is 16.1. The summed E-state index contributed by atoms with van der Waals surface area (Å²) in [7, 11) is 0. The van der Waals surface area contributed by atoms with Gasteiger partial charge in [0.25, 0.3) is 5.56 Å². The fourth-order valence-corrected chi connectivity index (χ4v) is 2.78. The van der Waals surface area contributed by atoms with Crippen LogP contribution in [0.15, 0.2) is 47.4 Å². The molecule has 0 fully saturated rings. The van der Waals surface area contributed by atoms with Gasteiger partial charge in [0.15, 0.2) is 0 Å². The molecule has 0 aliphatic carbocycles. The maximum Gasteiger partial charge on any atom is 0.250 e. The van der Waals surface area contributed by atoms with E-state index in [-0.39, 0.29) is 5.56 Å². The highest BCUT2D eigenvalue weighted by Gasteiger charge is 2.17. The van der Waals surface area contributed by atoms with Crippen molar-refractivity contribution in [2.75, 3.05) is 18.8 Å². The van der Waals surface area contributed by atoms with Gasteiger partial charge in [0, 0.05) is 44.1 Å². The van der Waals surface area contributed by atoms with E-state index in [0.717, 1.165) is 38.3 Å². The molecule has 1 aromatic heterocycles. The molecular weight excluding hydrogens is 250 g/mol. The minimum Gasteiger partial charge on any atom is -0.398 e. The van der Waals surface area contributed by atoms with Crippen LogP contribution < -0.4 is 11.3 Å². The lowest BCUT2D eigenvalue weighted by Gasteiger charge is -2.29. The summed E-state index contributed by atoms with van der Waals surface area (Å²) in [5.41, 5.74) is 9.58. The van der Waals surface area contributed by atoms with E-state index >= 15 is 0 Å². The first-order valence-corrected chi connectivity index (χ1v) is 6.98. The van der Waals surface area contributed by atoms with E-state index in [9.17, 15) is 4.79 Å². The summed E-state index contributed by atoms with van der Waals surface area (Å²) in [6.07, 6.45) is 2.84. The number of nitrogens with two attached hydrogens (primary N) is 1. The Balaban J connectivity index is 1.67. The van der Waals surface area contributed by atoms with Crippen LogP contribution in [0.4, 0.5) is 5.69 Å². The lowest BCUT2D eigenvalue weighted by atomic mass is 9.98. The van der Waals surface area contributed by atoms with Gasteiger partial charge >= 0.3 is 0 Å². The van der Waals surface area contributed by atoms with Crippen LogP contribution in [-0.2, 0) is 19.5 Å². The minimum absolute atomic E-state index is 0.0640. The molecule has 104 valence electrons. The van der Waals surface area contributed by atoms with Crippen molar-refractivity contribution in [3.8, 4) is 0 Å². The highest BCUT2D eigenvalue weighted by molar-refractivity contribution is 5.51. The molecular formula is C16H19N3O. The molecule has 0 atom stereocenters. The van der Waals surface area contributed by atoms with E-state index in [4.69, 9.17) is 5.73 Å². The molecule has 4 nitrogen and oxygen atoms in total. The van der Waals surface area contributed by atoms with Gasteiger partial charge in [-0.2, -0.15) is 0 Å². The third-order valence-electron chi connectivity index (χ3n) is 3.94. The van der Waals surface area contributed by atoms with E-state index < -0.39 is 0 Å². The molecule has 1 aliphatic rings. The Labute approximate surface area is 118 Å². The lowest BCUT2D eigenvalue weighted by molar-refractivity contribution is 0.243. The SMILES string of the molecule is Nc1cccc2c1CCN(CCn1ccccc1=O)C2. The minimum atomic E-state index is 0.0640. The number of pyridine rings is 1. The number of aromatic nitrogens is 1. The molecule has 0 saturated heterocycles. The van der Waals surface area contributed by atoms with Crippen molar-refractivity contribution in [1.29, 1.82) is 0 Å². The summed E-state index contributed by atoms with van der Waals surface area (Å²) in [6.45, 7) is 3.54. The third kappa shape index (κ3) is 2.60. The number of benzene rings is 1. The molecule has 0 spiro atoms. The van der Waals surface area contributed by atoms with Gasteiger partial charge in [-0.05, 0) is 29.7 Å². The second-order valence-electron chi connectivity index (χ2n) is 5.24. The number of nitrogens with zero attached hydrogens (tertiary/aromatic N) is 2. The van der Waals surface area contributed by atoms with E-state index in [0.29, 0.717) is 0 Å². The number of nitrogen functional groups attached to an aromatic ring is 1. The average Bonchev–Trinajstić information content (AvgIpc) is 2.46. The Kier molecular flexibility index (Phi) is 3.56. The van der Waals surface area contributed by atoms with E-state index in [1.54, 1.807) is 16.7 Å². The summed E-state index contributed by atoms with van der Waals surface area (Å²) in [5.74, 6) is 0. The molecule has 2 heterocycles. The van der Waals surface area contributed by atoms with Gasteiger partial charge < -0.3 is 10.3 Å². The fourth-order valence-electron chi connectivity index (χ4n) is 2.78. The van der Waals surface area contributed by atoms with Crippen LogP contribution in [0.25, 0.3) is 0 Å².